The van der Waals surface area contributed by atoms with Gasteiger partial charge in [0.2, 0.25) is 5.91 Å². The predicted molar refractivity (Wildman–Crippen MR) is 141 cm³/mol. The van der Waals surface area contributed by atoms with E-state index in [1.165, 1.54) is 0 Å². The van der Waals surface area contributed by atoms with Gasteiger partial charge in [0, 0.05) is 18.5 Å². The second kappa shape index (κ2) is 11.9. The van der Waals surface area contributed by atoms with E-state index >= 15 is 0 Å². The Hall–Kier alpha value is -3.31. The highest BCUT2D eigenvalue weighted by atomic mass is 35.5. The lowest BCUT2D eigenvalue weighted by Gasteiger charge is -2.33. The van der Waals surface area contributed by atoms with Gasteiger partial charge in [-0.15, -0.1) is 0 Å². The van der Waals surface area contributed by atoms with Gasteiger partial charge in [0.1, 0.15) is 11.8 Å². The Morgan fingerprint density at radius 1 is 0.914 bits per heavy atom. The molecule has 1 N–H and O–H groups in total. The molecule has 6 heteroatoms. The monoisotopic (exact) mass is 492 g/mol. The fraction of sp³-hybridized carbons (Fsp3) is 0.310. The number of carbonyl (C=O) groups is 2. The van der Waals surface area contributed by atoms with Gasteiger partial charge in [-0.25, -0.2) is 0 Å². The average molecular weight is 493 g/mol. The summed E-state index contributed by atoms with van der Waals surface area (Å²) in [5.41, 5.74) is 2.58. The Morgan fingerprint density at radius 2 is 1.54 bits per heavy atom. The Balaban J connectivity index is 1.93. The van der Waals surface area contributed by atoms with Crippen LogP contribution in [0.25, 0.3) is 0 Å². The Kier molecular flexibility index (Phi) is 8.94. The lowest BCUT2D eigenvalue weighted by molar-refractivity contribution is -0.143. The number of nitrogens with zero attached hydrogens (tertiary/aromatic N) is 1. The molecular weight excluding hydrogens is 460 g/mol. The molecule has 0 fully saturated rings. The number of ether oxygens (including phenoxy) is 1. The van der Waals surface area contributed by atoms with E-state index in [1.54, 1.807) is 29.2 Å². The van der Waals surface area contributed by atoms with Crippen LogP contribution < -0.4 is 10.1 Å². The Labute approximate surface area is 213 Å². The van der Waals surface area contributed by atoms with Crippen LogP contribution in [0.1, 0.15) is 37.5 Å². The summed E-state index contributed by atoms with van der Waals surface area (Å²) in [5.74, 6) is -0.0772. The second-order valence-electron chi connectivity index (χ2n) is 9.67. The summed E-state index contributed by atoms with van der Waals surface area (Å²) >= 11 is 6.21. The lowest BCUT2D eigenvalue weighted by atomic mass is 10.0. The molecule has 35 heavy (non-hydrogen) atoms. The Bertz CT molecular complexity index is 1120. The number of rotatable bonds is 9. The van der Waals surface area contributed by atoms with E-state index in [0.717, 1.165) is 16.7 Å². The zero-order valence-corrected chi connectivity index (χ0v) is 21.5. The van der Waals surface area contributed by atoms with Crippen LogP contribution in [0.3, 0.4) is 0 Å². The number of carbonyl (C=O) groups excluding carboxylic acids is 2. The third-order valence-corrected chi connectivity index (χ3v) is 5.74. The number of benzene rings is 3. The van der Waals surface area contributed by atoms with Crippen LogP contribution in [0.4, 0.5) is 0 Å². The van der Waals surface area contributed by atoms with Crippen molar-refractivity contribution in [2.75, 3.05) is 6.61 Å². The molecule has 0 aromatic heterocycles. The standard InChI is InChI=1S/C29H33ClN2O3/c1-21-14-16-23(17-15-21)19-32(27(33)20-35-26-13-9-8-12-24(26)30)25(28(34)31-29(2,3)4)18-22-10-6-5-7-11-22/h5-17,25H,18-20H2,1-4H3,(H,31,34)/t25-/m0/s1. The van der Waals surface area contributed by atoms with Crippen molar-refractivity contribution < 1.29 is 14.3 Å². The van der Waals surface area contributed by atoms with E-state index in [0.29, 0.717) is 17.2 Å². The van der Waals surface area contributed by atoms with Crippen LogP contribution in [0.5, 0.6) is 5.75 Å². The van der Waals surface area contributed by atoms with Crippen molar-refractivity contribution in [1.82, 2.24) is 10.2 Å². The summed E-state index contributed by atoms with van der Waals surface area (Å²) in [6, 6.07) is 24.0. The van der Waals surface area contributed by atoms with Gasteiger partial charge in [-0.3, -0.25) is 9.59 Å². The molecule has 0 radical (unpaired) electrons. The van der Waals surface area contributed by atoms with Crippen LogP contribution in [-0.4, -0.2) is 34.9 Å². The largest absolute Gasteiger partial charge is 0.482 e. The molecule has 3 rings (SSSR count). The quantitative estimate of drug-likeness (QED) is 0.424. The molecule has 5 nitrogen and oxygen atoms in total. The smallest absolute Gasteiger partial charge is 0.261 e. The number of hydrogen-bond acceptors (Lipinski definition) is 3. The van der Waals surface area contributed by atoms with Gasteiger partial charge >= 0.3 is 0 Å². The van der Waals surface area contributed by atoms with Crippen molar-refractivity contribution in [1.29, 1.82) is 0 Å². The molecule has 184 valence electrons. The van der Waals surface area contributed by atoms with Gasteiger partial charge in [0.15, 0.2) is 6.61 Å². The van der Waals surface area contributed by atoms with E-state index in [4.69, 9.17) is 16.3 Å². The zero-order valence-electron chi connectivity index (χ0n) is 20.8. The van der Waals surface area contributed by atoms with Crippen molar-refractivity contribution in [3.05, 3.63) is 101 Å². The molecule has 0 heterocycles. The first kappa shape index (κ1) is 26.3. The van der Waals surface area contributed by atoms with Crippen LogP contribution in [0, 0.1) is 6.92 Å². The minimum atomic E-state index is -0.722. The van der Waals surface area contributed by atoms with Gasteiger partial charge in [-0.05, 0) is 51.0 Å². The molecule has 0 bridgehead atoms. The summed E-state index contributed by atoms with van der Waals surface area (Å²) < 4.78 is 5.76. The molecule has 0 unspecified atom stereocenters. The van der Waals surface area contributed by atoms with Gasteiger partial charge in [0.05, 0.1) is 5.02 Å². The van der Waals surface area contributed by atoms with Crippen molar-refractivity contribution in [2.45, 2.75) is 52.2 Å². The lowest BCUT2D eigenvalue weighted by Crippen LogP contribution is -2.55. The maximum absolute atomic E-state index is 13.6. The average Bonchev–Trinajstić information content (AvgIpc) is 2.81. The van der Waals surface area contributed by atoms with Gasteiger partial charge in [-0.2, -0.15) is 0 Å². The van der Waals surface area contributed by atoms with Gasteiger partial charge < -0.3 is 15.0 Å². The van der Waals surface area contributed by atoms with Crippen LogP contribution in [0.15, 0.2) is 78.9 Å². The van der Waals surface area contributed by atoms with E-state index in [9.17, 15) is 9.59 Å². The summed E-state index contributed by atoms with van der Waals surface area (Å²) in [5, 5.41) is 3.49. The third-order valence-electron chi connectivity index (χ3n) is 5.43. The summed E-state index contributed by atoms with van der Waals surface area (Å²) in [6.07, 6.45) is 0.381. The topological polar surface area (TPSA) is 58.6 Å². The third kappa shape index (κ3) is 8.15. The summed E-state index contributed by atoms with van der Waals surface area (Å²) in [6.45, 7) is 7.84. The molecule has 3 aromatic carbocycles. The number of halogens is 1. The maximum atomic E-state index is 13.6. The minimum absolute atomic E-state index is 0.209. The number of para-hydroxylation sites is 1. The molecule has 0 saturated heterocycles. The van der Waals surface area contributed by atoms with Crippen molar-refractivity contribution in [2.24, 2.45) is 0 Å². The molecular formula is C29H33ClN2O3. The molecule has 2 amide bonds. The van der Waals surface area contributed by atoms with Crippen LogP contribution in [-0.2, 0) is 22.6 Å². The fourth-order valence-electron chi connectivity index (χ4n) is 3.68. The molecule has 3 aromatic rings. The number of hydrogen-bond donors (Lipinski definition) is 1. The van der Waals surface area contributed by atoms with Crippen molar-refractivity contribution in [3.8, 4) is 5.75 Å². The highest BCUT2D eigenvalue weighted by molar-refractivity contribution is 6.32. The molecule has 0 aliphatic rings. The zero-order chi connectivity index (χ0) is 25.4. The maximum Gasteiger partial charge on any atom is 0.261 e. The van der Waals surface area contributed by atoms with Gasteiger partial charge in [0.25, 0.3) is 5.91 Å². The minimum Gasteiger partial charge on any atom is -0.482 e. The molecule has 0 spiro atoms. The van der Waals surface area contributed by atoms with Crippen molar-refractivity contribution in [3.63, 3.8) is 0 Å². The van der Waals surface area contributed by atoms with E-state index < -0.39 is 11.6 Å². The fourth-order valence-corrected chi connectivity index (χ4v) is 3.87. The van der Waals surface area contributed by atoms with E-state index in [-0.39, 0.29) is 25.0 Å². The number of amides is 2. The first-order chi connectivity index (χ1) is 16.6. The normalized spacial score (nSPS) is 12.0. The summed E-state index contributed by atoms with van der Waals surface area (Å²) in [7, 11) is 0. The number of aryl methyl sites for hydroxylation is 1. The van der Waals surface area contributed by atoms with Crippen LogP contribution in [0.2, 0.25) is 5.02 Å². The SMILES string of the molecule is Cc1ccc(CN(C(=O)COc2ccccc2Cl)[C@@H](Cc2ccccc2)C(=O)NC(C)(C)C)cc1. The molecule has 0 saturated carbocycles. The highest BCUT2D eigenvalue weighted by Crippen LogP contribution is 2.23. The Morgan fingerprint density at radius 3 is 2.17 bits per heavy atom. The number of nitrogens with one attached hydrogen (secondary N) is 1. The van der Waals surface area contributed by atoms with Crippen molar-refractivity contribution >= 4 is 23.4 Å². The van der Waals surface area contributed by atoms with E-state index in [1.807, 2.05) is 82.3 Å². The van der Waals surface area contributed by atoms with Crippen LogP contribution >= 0.6 is 11.6 Å². The van der Waals surface area contributed by atoms with Gasteiger partial charge in [-0.1, -0.05) is 83.9 Å². The molecule has 0 aliphatic heterocycles. The van der Waals surface area contributed by atoms with E-state index in [2.05, 4.69) is 5.32 Å². The second-order valence-corrected chi connectivity index (χ2v) is 10.1. The predicted octanol–water partition coefficient (Wildman–Crippen LogP) is 5.58. The summed E-state index contributed by atoms with van der Waals surface area (Å²) in [4.78, 5) is 28.7. The first-order valence-electron chi connectivity index (χ1n) is 11.7. The molecule has 0 aliphatic carbocycles. The highest BCUT2D eigenvalue weighted by Gasteiger charge is 2.32. The first-order valence-corrected chi connectivity index (χ1v) is 12.1. The molecule has 1 atom stereocenters.